The number of ether oxygens (including phenoxy) is 2. The fraction of sp³-hybridized carbons (Fsp3) is 0.875. The molecular formula is C80H152NO8P. The highest BCUT2D eigenvalue weighted by Gasteiger charge is 2.22. The molecule has 10 heteroatoms. The summed E-state index contributed by atoms with van der Waals surface area (Å²) in [6.45, 7) is 4.20. The number of hydrogen-bond donors (Lipinski definition) is 0. The van der Waals surface area contributed by atoms with Crippen LogP contribution in [0.1, 0.15) is 399 Å². The van der Waals surface area contributed by atoms with Gasteiger partial charge in [0.25, 0.3) is 7.82 Å². The Labute approximate surface area is 560 Å². The number of esters is 2. The average molecular weight is 1290 g/mol. The lowest BCUT2D eigenvalue weighted by molar-refractivity contribution is -0.870. The van der Waals surface area contributed by atoms with Crippen LogP contribution >= 0.6 is 7.82 Å². The van der Waals surface area contributed by atoms with Crippen molar-refractivity contribution in [2.75, 3.05) is 47.5 Å². The molecule has 0 bridgehead atoms. The van der Waals surface area contributed by atoms with E-state index in [1.54, 1.807) is 0 Å². The van der Waals surface area contributed by atoms with Crippen LogP contribution in [0.4, 0.5) is 0 Å². The summed E-state index contributed by atoms with van der Waals surface area (Å²) in [6.07, 6.45) is 93.9. The minimum absolute atomic E-state index is 0.0293. The van der Waals surface area contributed by atoms with E-state index in [1.807, 2.05) is 21.1 Å². The summed E-state index contributed by atoms with van der Waals surface area (Å²) in [4.78, 5) is 38.1. The van der Waals surface area contributed by atoms with Crippen LogP contribution < -0.4 is 4.89 Å². The number of nitrogens with zero attached hydrogens (tertiary/aromatic N) is 1. The van der Waals surface area contributed by atoms with E-state index in [0.717, 1.165) is 64.2 Å². The summed E-state index contributed by atoms with van der Waals surface area (Å²) >= 11 is 0. The number of quaternary nitrogens is 1. The highest BCUT2D eigenvalue weighted by atomic mass is 31.2. The zero-order valence-electron chi connectivity index (χ0n) is 60.6. The first-order valence-corrected chi connectivity index (χ1v) is 40.8. The Morgan fingerprint density at radius 3 is 0.944 bits per heavy atom. The zero-order valence-corrected chi connectivity index (χ0v) is 61.5. The average Bonchev–Trinajstić information content (AvgIpc) is 3.61. The quantitative estimate of drug-likeness (QED) is 0.0195. The first kappa shape index (κ1) is 88.0. The number of likely N-dealkylation sites (N-methyl/N-ethyl adjacent to an activating group) is 1. The van der Waals surface area contributed by atoms with Crippen LogP contribution in [-0.2, 0) is 32.7 Å². The van der Waals surface area contributed by atoms with Crippen LogP contribution in [0, 0.1) is 0 Å². The SMILES string of the molecule is CC/C=C\C/C=C\C/C=C\C/C=C\CCCCCCCCCCCCCCCCC(=O)OC(COC(=O)CCCCCCCCCCCCCCCCCCCCCCCCCCCCCCCCCCCCCCCCC)COP(=O)([O-])OCC[N+](C)(C)C. The molecule has 9 nitrogen and oxygen atoms in total. The highest BCUT2D eigenvalue weighted by Crippen LogP contribution is 2.38. The van der Waals surface area contributed by atoms with Crippen molar-refractivity contribution in [3.05, 3.63) is 48.6 Å². The Bertz CT molecular complexity index is 1660. The number of rotatable bonds is 74. The molecule has 2 atom stereocenters. The summed E-state index contributed by atoms with van der Waals surface area (Å²) in [6, 6.07) is 0. The lowest BCUT2D eigenvalue weighted by atomic mass is 10.0. The van der Waals surface area contributed by atoms with Gasteiger partial charge in [0.1, 0.15) is 19.8 Å². The van der Waals surface area contributed by atoms with Gasteiger partial charge in [0.15, 0.2) is 6.10 Å². The first-order valence-electron chi connectivity index (χ1n) is 39.3. The maximum absolute atomic E-state index is 12.9. The van der Waals surface area contributed by atoms with Crippen LogP contribution in [0.25, 0.3) is 0 Å². The number of carbonyl (C=O) groups is 2. The van der Waals surface area contributed by atoms with Crippen molar-refractivity contribution in [2.24, 2.45) is 0 Å². The monoisotopic (exact) mass is 1290 g/mol. The normalized spacial score (nSPS) is 13.3. The molecule has 0 aromatic heterocycles. The van der Waals surface area contributed by atoms with Crippen molar-refractivity contribution >= 4 is 19.8 Å². The van der Waals surface area contributed by atoms with E-state index in [0.29, 0.717) is 17.4 Å². The Kier molecular flexibility index (Phi) is 69.7. The van der Waals surface area contributed by atoms with Gasteiger partial charge in [0.05, 0.1) is 27.7 Å². The zero-order chi connectivity index (χ0) is 65.5. The summed E-state index contributed by atoms with van der Waals surface area (Å²) < 4.78 is 34.4. The second-order valence-electron chi connectivity index (χ2n) is 28.1. The van der Waals surface area contributed by atoms with Gasteiger partial charge in [-0.15, -0.1) is 0 Å². The molecule has 0 heterocycles. The summed E-state index contributed by atoms with van der Waals surface area (Å²) in [7, 11) is 1.18. The molecule has 2 unspecified atom stereocenters. The molecule has 530 valence electrons. The van der Waals surface area contributed by atoms with E-state index < -0.39 is 26.5 Å². The van der Waals surface area contributed by atoms with Crippen molar-refractivity contribution in [1.29, 1.82) is 0 Å². The van der Waals surface area contributed by atoms with Crippen molar-refractivity contribution in [3.8, 4) is 0 Å². The van der Waals surface area contributed by atoms with Crippen LogP contribution in [0.15, 0.2) is 48.6 Å². The van der Waals surface area contributed by atoms with Crippen molar-refractivity contribution in [3.63, 3.8) is 0 Å². The van der Waals surface area contributed by atoms with E-state index in [-0.39, 0.29) is 32.0 Å². The molecule has 0 aromatic rings. The van der Waals surface area contributed by atoms with Crippen LogP contribution in [0.3, 0.4) is 0 Å². The first-order chi connectivity index (χ1) is 44.0. The van der Waals surface area contributed by atoms with Crippen molar-refractivity contribution < 1.29 is 42.1 Å². The lowest BCUT2D eigenvalue weighted by Gasteiger charge is -2.28. The fourth-order valence-electron chi connectivity index (χ4n) is 11.9. The standard InChI is InChI=1S/C80H152NO8P/c1-6-8-10-12-14-16-18-20-22-24-26-28-30-32-34-35-36-37-38-39-40-41-42-43-44-45-47-48-50-52-54-56-58-60-62-64-66-68-70-72-79(82)86-76-78(77-88-90(84,85)87-75-74-81(3,4)5)89-80(83)73-71-69-67-65-63-61-59-57-55-53-51-49-46-33-31-29-27-25-23-21-19-17-15-13-11-9-7-2/h9,11,15,17,21,23,27,29,78H,6-8,10,12-14,16,18-20,22,24-26,28,30-77H2,1-5H3/b11-9-,17-15-,23-21-,29-27-. The summed E-state index contributed by atoms with van der Waals surface area (Å²) in [5.74, 6) is -0.814. The number of unbranched alkanes of at least 4 members (excludes halogenated alkanes) is 52. The van der Waals surface area contributed by atoms with Gasteiger partial charge in [-0.25, -0.2) is 0 Å². The molecule has 0 N–H and O–H groups in total. The van der Waals surface area contributed by atoms with Crippen LogP contribution in [-0.4, -0.2) is 70.0 Å². The van der Waals surface area contributed by atoms with E-state index in [9.17, 15) is 19.0 Å². The molecule has 0 saturated heterocycles. The maximum atomic E-state index is 12.9. The smallest absolute Gasteiger partial charge is 0.306 e. The van der Waals surface area contributed by atoms with E-state index in [1.165, 1.54) is 302 Å². The lowest BCUT2D eigenvalue weighted by Crippen LogP contribution is -2.37. The molecule has 0 aliphatic heterocycles. The maximum Gasteiger partial charge on any atom is 0.306 e. The summed E-state index contributed by atoms with van der Waals surface area (Å²) in [5.41, 5.74) is 0. The molecular weight excluding hydrogens is 1130 g/mol. The van der Waals surface area contributed by atoms with Gasteiger partial charge in [-0.05, 0) is 51.4 Å². The molecule has 0 aliphatic carbocycles. The second-order valence-corrected chi connectivity index (χ2v) is 29.5. The third-order valence-corrected chi connectivity index (χ3v) is 18.8. The minimum Gasteiger partial charge on any atom is -0.756 e. The Morgan fingerprint density at radius 1 is 0.356 bits per heavy atom. The third-order valence-electron chi connectivity index (χ3n) is 17.9. The molecule has 0 radical (unpaired) electrons. The van der Waals surface area contributed by atoms with Gasteiger partial charge < -0.3 is 27.9 Å². The molecule has 0 spiro atoms. The third kappa shape index (κ3) is 75.0. The van der Waals surface area contributed by atoms with Gasteiger partial charge in [0, 0.05) is 12.8 Å². The Balaban J connectivity index is 3.89. The number of allylic oxidation sites excluding steroid dienone is 8. The molecule has 0 fully saturated rings. The molecule has 90 heavy (non-hydrogen) atoms. The van der Waals surface area contributed by atoms with Gasteiger partial charge in [-0.3, -0.25) is 14.2 Å². The highest BCUT2D eigenvalue weighted by molar-refractivity contribution is 7.45. The van der Waals surface area contributed by atoms with Crippen molar-refractivity contribution in [1.82, 2.24) is 0 Å². The van der Waals surface area contributed by atoms with Crippen molar-refractivity contribution in [2.45, 2.75) is 405 Å². The number of phosphoric acid groups is 1. The van der Waals surface area contributed by atoms with E-state index in [4.69, 9.17) is 18.5 Å². The molecule has 0 aromatic carbocycles. The molecule has 0 saturated carbocycles. The molecule has 0 rings (SSSR count). The largest absolute Gasteiger partial charge is 0.756 e. The van der Waals surface area contributed by atoms with E-state index in [2.05, 4.69) is 62.5 Å². The van der Waals surface area contributed by atoms with Crippen LogP contribution in [0.2, 0.25) is 0 Å². The van der Waals surface area contributed by atoms with Gasteiger partial charge in [0.2, 0.25) is 0 Å². The molecule has 0 aliphatic rings. The van der Waals surface area contributed by atoms with Gasteiger partial charge in [-0.2, -0.15) is 0 Å². The summed E-state index contributed by atoms with van der Waals surface area (Å²) in [5, 5.41) is 0. The van der Waals surface area contributed by atoms with Gasteiger partial charge in [-0.1, -0.05) is 383 Å². The van der Waals surface area contributed by atoms with Crippen LogP contribution in [0.5, 0.6) is 0 Å². The number of phosphoric ester groups is 1. The minimum atomic E-state index is -4.64. The molecule has 0 amide bonds. The Morgan fingerprint density at radius 2 is 0.633 bits per heavy atom. The Hall–Kier alpha value is -2.03. The topological polar surface area (TPSA) is 111 Å². The predicted octanol–water partition coefficient (Wildman–Crippen LogP) is 25.3. The predicted molar refractivity (Wildman–Crippen MR) is 388 cm³/mol. The number of hydrogen-bond acceptors (Lipinski definition) is 8. The fourth-order valence-corrected chi connectivity index (χ4v) is 12.6. The van der Waals surface area contributed by atoms with Gasteiger partial charge >= 0.3 is 11.9 Å². The van der Waals surface area contributed by atoms with E-state index >= 15 is 0 Å². The second kappa shape index (κ2) is 71.3. The number of carbonyl (C=O) groups excluding carboxylic acids is 2.